The summed E-state index contributed by atoms with van der Waals surface area (Å²) >= 11 is 12.3. The maximum atomic E-state index is 12.3. The largest absolute Gasteiger partial charge is 0.468 e. The van der Waals surface area contributed by atoms with Crippen molar-refractivity contribution in [2.45, 2.75) is 25.3 Å². The van der Waals surface area contributed by atoms with Crippen LogP contribution in [0, 0.1) is 0 Å². The molecule has 128 valence electrons. The summed E-state index contributed by atoms with van der Waals surface area (Å²) in [6.07, 6.45) is 4.20. The Morgan fingerprint density at radius 3 is 2.50 bits per heavy atom. The molecular formula is C18H20Cl2N2O2. The summed E-state index contributed by atoms with van der Waals surface area (Å²) in [6.45, 7) is 2.56. The van der Waals surface area contributed by atoms with Crippen molar-refractivity contribution in [3.05, 3.63) is 58.0 Å². The SMILES string of the molecule is O=C(Cc1c(Cl)cccc1Cl)NCC(c1ccco1)N1CCCC1. The molecule has 4 nitrogen and oxygen atoms in total. The third kappa shape index (κ3) is 4.12. The first-order chi connectivity index (χ1) is 11.6. The Balaban J connectivity index is 1.63. The molecule has 1 aliphatic rings. The highest BCUT2D eigenvalue weighted by atomic mass is 35.5. The molecule has 1 amide bonds. The van der Waals surface area contributed by atoms with Gasteiger partial charge in [0.05, 0.1) is 18.7 Å². The van der Waals surface area contributed by atoms with Crippen LogP contribution >= 0.6 is 23.2 Å². The highest BCUT2D eigenvalue weighted by molar-refractivity contribution is 6.36. The van der Waals surface area contributed by atoms with Gasteiger partial charge in [-0.25, -0.2) is 0 Å². The number of likely N-dealkylation sites (tertiary alicyclic amines) is 1. The van der Waals surface area contributed by atoms with Gasteiger partial charge in [-0.15, -0.1) is 0 Å². The summed E-state index contributed by atoms with van der Waals surface area (Å²) in [5.74, 6) is 0.786. The first kappa shape index (κ1) is 17.3. The zero-order valence-electron chi connectivity index (χ0n) is 13.3. The summed E-state index contributed by atoms with van der Waals surface area (Å²) in [5.41, 5.74) is 0.661. The predicted molar refractivity (Wildman–Crippen MR) is 95.4 cm³/mol. The topological polar surface area (TPSA) is 45.5 Å². The second-order valence-corrected chi connectivity index (χ2v) is 6.77. The van der Waals surface area contributed by atoms with E-state index in [1.54, 1.807) is 24.5 Å². The molecule has 1 atom stereocenters. The van der Waals surface area contributed by atoms with Crippen LogP contribution in [0.4, 0.5) is 0 Å². The molecule has 1 unspecified atom stereocenters. The number of carbonyl (C=O) groups excluding carboxylic acids is 1. The number of carbonyl (C=O) groups is 1. The fraction of sp³-hybridized carbons (Fsp3) is 0.389. The Morgan fingerprint density at radius 2 is 1.88 bits per heavy atom. The minimum Gasteiger partial charge on any atom is -0.468 e. The lowest BCUT2D eigenvalue weighted by molar-refractivity contribution is -0.120. The van der Waals surface area contributed by atoms with E-state index in [0.29, 0.717) is 22.2 Å². The summed E-state index contributed by atoms with van der Waals surface area (Å²) in [6, 6.07) is 9.15. The van der Waals surface area contributed by atoms with Crippen LogP contribution in [0.1, 0.15) is 30.2 Å². The average Bonchev–Trinajstić information content (AvgIpc) is 3.25. The lowest BCUT2D eigenvalue weighted by Gasteiger charge is -2.26. The lowest BCUT2D eigenvalue weighted by atomic mass is 10.1. The lowest BCUT2D eigenvalue weighted by Crippen LogP contribution is -2.37. The van der Waals surface area contributed by atoms with Gasteiger partial charge in [0.1, 0.15) is 5.76 Å². The van der Waals surface area contributed by atoms with E-state index in [0.717, 1.165) is 18.8 Å². The van der Waals surface area contributed by atoms with Gasteiger partial charge in [0.25, 0.3) is 0 Å². The molecule has 0 radical (unpaired) electrons. The molecule has 0 bridgehead atoms. The average molecular weight is 367 g/mol. The van der Waals surface area contributed by atoms with Crippen molar-refractivity contribution in [1.29, 1.82) is 0 Å². The number of hydrogen-bond donors (Lipinski definition) is 1. The number of furan rings is 1. The van der Waals surface area contributed by atoms with Gasteiger partial charge in [0.15, 0.2) is 0 Å². The Hall–Kier alpha value is -1.49. The van der Waals surface area contributed by atoms with E-state index < -0.39 is 0 Å². The van der Waals surface area contributed by atoms with Crippen molar-refractivity contribution in [3.8, 4) is 0 Å². The predicted octanol–water partition coefficient (Wildman–Crippen LogP) is 4.08. The minimum absolute atomic E-state index is 0.0631. The van der Waals surface area contributed by atoms with E-state index >= 15 is 0 Å². The number of hydrogen-bond acceptors (Lipinski definition) is 3. The van der Waals surface area contributed by atoms with Gasteiger partial charge in [0, 0.05) is 16.6 Å². The highest BCUT2D eigenvalue weighted by Gasteiger charge is 2.26. The van der Waals surface area contributed by atoms with Crippen LogP contribution in [-0.2, 0) is 11.2 Å². The Labute approximate surface area is 151 Å². The third-order valence-electron chi connectivity index (χ3n) is 4.34. The maximum absolute atomic E-state index is 12.3. The van der Waals surface area contributed by atoms with E-state index in [2.05, 4.69) is 10.2 Å². The molecule has 1 saturated heterocycles. The van der Waals surface area contributed by atoms with Crippen molar-refractivity contribution < 1.29 is 9.21 Å². The molecule has 6 heteroatoms. The summed E-state index contributed by atoms with van der Waals surface area (Å²) in [4.78, 5) is 14.7. The van der Waals surface area contributed by atoms with E-state index in [1.165, 1.54) is 12.8 Å². The normalized spacial score (nSPS) is 16.2. The number of amides is 1. The van der Waals surface area contributed by atoms with Gasteiger partial charge in [0.2, 0.25) is 5.91 Å². The smallest absolute Gasteiger partial charge is 0.224 e. The molecule has 1 N–H and O–H groups in total. The Kier molecular flexibility index (Phi) is 5.82. The van der Waals surface area contributed by atoms with Crippen molar-refractivity contribution in [2.75, 3.05) is 19.6 Å². The second kappa shape index (κ2) is 8.06. The number of rotatable bonds is 6. The number of nitrogens with one attached hydrogen (secondary N) is 1. The van der Waals surface area contributed by atoms with E-state index in [9.17, 15) is 4.79 Å². The monoisotopic (exact) mass is 366 g/mol. The summed E-state index contributed by atoms with van der Waals surface area (Å²) in [5, 5.41) is 4.02. The van der Waals surface area contributed by atoms with Crippen LogP contribution in [0.25, 0.3) is 0 Å². The molecule has 2 heterocycles. The summed E-state index contributed by atoms with van der Waals surface area (Å²) < 4.78 is 5.56. The third-order valence-corrected chi connectivity index (χ3v) is 5.05. The maximum Gasteiger partial charge on any atom is 0.224 e. The molecule has 24 heavy (non-hydrogen) atoms. The fourth-order valence-corrected chi connectivity index (χ4v) is 3.61. The van der Waals surface area contributed by atoms with Gasteiger partial charge in [-0.1, -0.05) is 29.3 Å². The van der Waals surface area contributed by atoms with Gasteiger partial charge < -0.3 is 9.73 Å². The van der Waals surface area contributed by atoms with Crippen LogP contribution in [0.2, 0.25) is 10.0 Å². The number of halogens is 2. The molecule has 0 saturated carbocycles. The van der Waals surface area contributed by atoms with Crippen LogP contribution < -0.4 is 5.32 Å². The zero-order chi connectivity index (χ0) is 16.9. The van der Waals surface area contributed by atoms with E-state index in [4.69, 9.17) is 27.6 Å². The molecule has 0 spiro atoms. The molecule has 2 aromatic rings. The molecule has 1 aliphatic heterocycles. The van der Waals surface area contributed by atoms with Gasteiger partial charge >= 0.3 is 0 Å². The minimum atomic E-state index is -0.0965. The van der Waals surface area contributed by atoms with Crippen molar-refractivity contribution in [3.63, 3.8) is 0 Å². The molecule has 1 aromatic heterocycles. The van der Waals surface area contributed by atoms with Crippen molar-refractivity contribution in [2.24, 2.45) is 0 Å². The first-order valence-corrected chi connectivity index (χ1v) is 8.88. The van der Waals surface area contributed by atoms with Crippen molar-refractivity contribution >= 4 is 29.1 Å². The Bertz CT molecular complexity index is 662. The Morgan fingerprint density at radius 1 is 1.17 bits per heavy atom. The molecular weight excluding hydrogens is 347 g/mol. The quantitative estimate of drug-likeness (QED) is 0.837. The van der Waals surface area contributed by atoms with E-state index in [1.807, 2.05) is 12.1 Å². The van der Waals surface area contributed by atoms with Gasteiger partial charge in [-0.2, -0.15) is 0 Å². The first-order valence-electron chi connectivity index (χ1n) is 8.12. The van der Waals surface area contributed by atoms with Crippen LogP contribution in [-0.4, -0.2) is 30.4 Å². The number of benzene rings is 1. The summed E-state index contributed by atoms with van der Waals surface area (Å²) in [7, 11) is 0. The highest BCUT2D eigenvalue weighted by Crippen LogP contribution is 2.26. The molecule has 1 aromatic carbocycles. The molecule has 0 aliphatic carbocycles. The molecule has 1 fully saturated rings. The number of nitrogens with zero attached hydrogens (tertiary/aromatic N) is 1. The second-order valence-electron chi connectivity index (χ2n) is 5.96. The molecule has 3 rings (SSSR count). The fourth-order valence-electron chi connectivity index (χ4n) is 3.08. The van der Waals surface area contributed by atoms with Gasteiger partial charge in [-0.3, -0.25) is 9.69 Å². The van der Waals surface area contributed by atoms with Crippen LogP contribution in [0.15, 0.2) is 41.0 Å². The standard InChI is InChI=1S/C18H20Cl2N2O2/c19-14-5-3-6-15(20)13(14)11-18(23)21-12-16(17-7-4-10-24-17)22-8-1-2-9-22/h3-7,10,16H,1-2,8-9,11-12H2,(H,21,23). The van der Waals surface area contributed by atoms with Crippen molar-refractivity contribution in [1.82, 2.24) is 10.2 Å². The van der Waals surface area contributed by atoms with Gasteiger partial charge in [-0.05, 0) is 55.8 Å². The van der Waals surface area contributed by atoms with E-state index in [-0.39, 0.29) is 18.4 Å². The zero-order valence-corrected chi connectivity index (χ0v) is 14.8. The van der Waals surface area contributed by atoms with Crippen LogP contribution in [0.3, 0.4) is 0 Å². The van der Waals surface area contributed by atoms with Crippen LogP contribution in [0.5, 0.6) is 0 Å².